The Kier molecular flexibility index (Phi) is 5.07. The minimum Gasteiger partial charge on any atom is -0.388 e. The molecule has 1 aromatic heterocycles. The van der Waals surface area contributed by atoms with Gasteiger partial charge in [0.05, 0.1) is 5.84 Å². The molecule has 3 N–H and O–H groups in total. The topological polar surface area (TPSA) is 78.9 Å². The molecule has 0 aliphatic heterocycles. The van der Waals surface area contributed by atoms with E-state index in [4.69, 9.17) is 11.1 Å². The van der Waals surface area contributed by atoms with E-state index in [0.29, 0.717) is 12.3 Å². The molecule has 5 heteroatoms. The van der Waals surface area contributed by atoms with Crippen molar-refractivity contribution in [1.82, 2.24) is 9.97 Å². The summed E-state index contributed by atoms with van der Waals surface area (Å²) in [4.78, 5) is 11.2. The number of nitrogens with one attached hydrogen (secondary N) is 1. The summed E-state index contributed by atoms with van der Waals surface area (Å²) in [5.74, 6) is 2.32. The molecule has 1 rings (SSSR count). The second-order valence-electron chi connectivity index (χ2n) is 4.74. The van der Waals surface area contributed by atoms with Crippen molar-refractivity contribution in [2.45, 2.75) is 40.0 Å². The summed E-state index contributed by atoms with van der Waals surface area (Å²) in [6.45, 7) is 9.80. The molecule has 0 radical (unpaired) electrons. The van der Waals surface area contributed by atoms with Gasteiger partial charge in [0.15, 0.2) is 0 Å². The van der Waals surface area contributed by atoms with Crippen molar-refractivity contribution >= 4 is 11.7 Å². The molecule has 100 valence electrons. The van der Waals surface area contributed by atoms with Gasteiger partial charge in [-0.15, -0.1) is 0 Å². The fraction of sp³-hybridized carbons (Fsp3) is 0.615. The van der Waals surface area contributed by atoms with Gasteiger partial charge in [0.25, 0.3) is 0 Å². The monoisotopic (exact) mass is 249 g/mol. The van der Waals surface area contributed by atoms with E-state index in [1.165, 1.54) is 0 Å². The van der Waals surface area contributed by atoms with E-state index < -0.39 is 0 Å². The Balaban J connectivity index is 2.94. The fourth-order valence-corrected chi connectivity index (χ4v) is 1.68. The highest BCUT2D eigenvalue weighted by Gasteiger charge is 2.11. The van der Waals surface area contributed by atoms with Gasteiger partial charge < -0.3 is 10.6 Å². The van der Waals surface area contributed by atoms with E-state index in [0.717, 1.165) is 30.4 Å². The van der Waals surface area contributed by atoms with Gasteiger partial charge in [0.1, 0.15) is 11.6 Å². The third kappa shape index (κ3) is 3.98. The van der Waals surface area contributed by atoms with Crippen molar-refractivity contribution in [1.29, 1.82) is 5.41 Å². The van der Waals surface area contributed by atoms with Crippen LogP contribution in [-0.2, 0) is 0 Å². The fourth-order valence-electron chi connectivity index (χ4n) is 1.68. The molecule has 0 unspecified atom stereocenters. The molecule has 0 bridgehead atoms. The Labute approximate surface area is 109 Å². The van der Waals surface area contributed by atoms with Crippen LogP contribution in [0.3, 0.4) is 0 Å². The Morgan fingerprint density at radius 2 is 2.11 bits per heavy atom. The van der Waals surface area contributed by atoms with Crippen LogP contribution < -0.4 is 10.6 Å². The highest BCUT2D eigenvalue weighted by molar-refractivity contribution is 5.77. The van der Waals surface area contributed by atoms with Crippen LogP contribution in [0, 0.1) is 12.3 Å². The average Bonchev–Trinajstić information content (AvgIpc) is 2.28. The number of rotatable bonds is 6. The molecule has 0 amide bonds. The molecule has 1 aromatic rings. The lowest BCUT2D eigenvalue weighted by Crippen LogP contribution is -2.28. The first kappa shape index (κ1) is 14.4. The Morgan fingerprint density at radius 1 is 1.44 bits per heavy atom. The van der Waals surface area contributed by atoms with Crippen LogP contribution in [-0.4, -0.2) is 28.9 Å². The maximum atomic E-state index is 7.30. The van der Waals surface area contributed by atoms with Crippen molar-refractivity contribution in [3.8, 4) is 0 Å². The van der Waals surface area contributed by atoms with Crippen LogP contribution in [0.5, 0.6) is 0 Å². The number of aromatic nitrogens is 2. The molecule has 1 heterocycles. The summed E-state index contributed by atoms with van der Waals surface area (Å²) >= 11 is 0. The lowest BCUT2D eigenvalue weighted by atomic mass is 10.2. The summed E-state index contributed by atoms with van der Waals surface area (Å²) in [5, 5.41) is 7.30. The molecule has 0 saturated carbocycles. The SMILES string of the molecule is CCN(CCC(=N)N)c1cc(C)nc(C(C)C)n1. The smallest absolute Gasteiger partial charge is 0.133 e. The van der Waals surface area contributed by atoms with Crippen molar-refractivity contribution in [2.24, 2.45) is 5.73 Å². The predicted molar refractivity (Wildman–Crippen MR) is 75.3 cm³/mol. The van der Waals surface area contributed by atoms with E-state index in [-0.39, 0.29) is 5.84 Å². The van der Waals surface area contributed by atoms with Crippen LogP contribution in [0.25, 0.3) is 0 Å². The Hall–Kier alpha value is -1.65. The number of hydrogen-bond acceptors (Lipinski definition) is 4. The molecule has 0 atom stereocenters. The number of hydrogen-bond donors (Lipinski definition) is 2. The van der Waals surface area contributed by atoms with Gasteiger partial charge in [0, 0.05) is 37.2 Å². The number of nitrogens with two attached hydrogens (primary N) is 1. The van der Waals surface area contributed by atoms with E-state index in [1.54, 1.807) is 0 Å². The highest BCUT2D eigenvalue weighted by atomic mass is 15.2. The quantitative estimate of drug-likeness (QED) is 0.597. The second kappa shape index (κ2) is 6.33. The first-order valence-corrected chi connectivity index (χ1v) is 6.37. The largest absolute Gasteiger partial charge is 0.388 e. The zero-order valence-electron chi connectivity index (χ0n) is 11.7. The zero-order chi connectivity index (χ0) is 13.7. The van der Waals surface area contributed by atoms with E-state index in [1.807, 2.05) is 13.0 Å². The molecule has 0 spiro atoms. The van der Waals surface area contributed by atoms with Crippen LogP contribution in [0.4, 0.5) is 5.82 Å². The summed E-state index contributed by atoms with van der Waals surface area (Å²) in [5.41, 5.74) is 6.38. The minimum atomic E-state index is 0.211. The van der Waals surface area contributed by atoms with Gasteiger partial charge in [-0.1, -0.05) is 13.8 Å². The lowest BCUT2D eigenvalue weighted by Gasteiger charge is -2.22. The van der Waals surface area contributed by atoms with E-state index >= 15 is 0 Å². The molecular weight excluding hydrogens is 226 g/mol. The van der Waals surface area contributed by atoms with Crippen molar-refractivity contribution in [2.75, 3.05) is 18.0 Å². The third-order valence-corrected chi connectivity index (χ3v) is 2.73. The van der Waals surface area contributed by atoms with Crippen molar-refractivity contribution in [3.05, 3.63) is 17.6 Å². The molecule has 0 aromatic carbocycles. The third-order valence-electron chi connectivity index (χ3n) is 2.73. The van der Waals surface area contributed by atoms with Crippen molar-refractivity contribution < 1.29 is 0 Å². The number of amidine groups is 1. The highest BCUT2D eigenvalue weighted by Crippen LogP contribution is 2.17. The normalized spacial score (nSPS) is 10.7. The molecule has 5 nitrogen and oxygen atoms in total. The zero-order valence-corrected chi connectivity index (χ0v) is 11.7. The molecule has 0 fully saturated rings. The van der Waals surface area contributed by atoms with Crippen LogP contribution in [0.1, 0.15) is 44.6 Å². The van der Waals surface area contributed by atoms with Gasteiger partial charge in [0.2, 0.25) is 0 Å². The minimum absolute atomic E-state index is 0.211. The molecule has 0 aliphatic rings. The first-order valence-electron chi connectivity index (χ1n) is 6.37. The summed E-state index contributed by atoms with van der Waals surface area (Å²) in [6, 6.07) is 1.98. The van der Waals surface area contributed by atoms with Crippen molar-refractivity contribution in [3.63, 3.8) is 0 Å². The molecule has 0 saturated heterocycles. The molecular formula is C13H23N5. The average molecular weight is 249 g/mol. The summed E-state index contributed by atoms with van der Waals surface area (Å²) in [6.07, 6.45) is 0.563. The maximum absolute atomic E-state index is 7.30. The lowest BCUT2D eigenvalue weighted by molar-refractivity contribution is 0.743. The van der Waals surface area contributed by atoms with E-state index in [2.05, 4.69) is 35.6 Å². The van der Waals surface area contributed by atoms with Crippen LogP contribution >= 0.6 is 0 Å². The maximum Gasteiger partial charge on any atom is 0.133 e. The van der Waals surface area contributed by atoms with Gasteiger partial charge in [-0.2, -0.15) is 0 Å². The Morgan fingerprint density at radius 3 is 2.61 bits per heavy atom. The predicted octanol–water partition coefficient (Wildman–Crippen LogP) is 2.06. The second-order valence-corrected chi connectivity index (χ2v) is 4.74. The van der Waals surface area contributed by atoms with Crippen LogP contribution in [0.15, 0.2) is 6.07 Å². The van der Waals surface area contributed by atoms with E-state index in [9.17, 15) is 0 Å². The molecule has 0 aliphatic carbocycles. The first-order chi connectivity index (χ1) is 8.43. The number of aryl methyl sites for hydroxylation is 1. The van der Waals surface area contributed by atoms with Gasteiger partial charge in [-0.3, -0.25) is 5.41 Å². The Bertz CT molecular complexity index is 414. The summed E-state index contributed by atoms with van der Waals surface area (Å²) < 4.78 is 0. The van der Waals surface area contributed by atoms with Gasteiger partial charge >= 0.3 is 0 Å². The number of nitrogens with zero attached hydrogens (tertiary/aromatic N) is 3. The van der Waals surface area contributed by atoms with Gasteiger partial charge in [-0.25, -0.2) is 9.97 Å². The standard InChI is InChI=1S/C13H23N5/c1-5-18(7-6-11(14)15)12-8-10(4)16-13(17-12)9(2)3/h8-9H,5-7H2,1-4H3,(H3,14,15). The summed E-state index contributed by atoms with van der Waals surface area (Å²) in [7, 11) is 0. The number of anilines is 1. The molecule has 18 heavy (non-hydrogen) atoms. The van der Waals surface area contributed by atoms with Gasteiger partial charge in [-0.05, 0) is 13.8 Å². The van der Waals surface area contributed by atoms with Crippen LogP contribution in [0.2, 0.25) is 0 Å².